The lowest BCUT2D eigenvalue weighted by molar-refractivity contribution is 0.562. The van der Waals surface area contributed by atoms with Crippen molar-refractivity contribution < 1.29 is 0 Å². The quantitative estimate of drug-likeness (QED) is 0.715. The molecule has 14 heavy (non-hydrogen) atoms. The van der Waals surface area contributed by atoms with E-state index in [1.165, 1.54) is 5.56 Å². The highest BCUT2D eigenvalue weighted by Crippen LogP contribution is 1.99. The van der Waals surface area contributed by atoms with Gasteiger partial charge in [0.05, 0.1) is 6.04 Å². The van der Waals surface area contributed by atoms with Crippen LogP contribution in [0, 0.1) is 12.3 Å². The molecule has 1 atom stereocenters. The molecule has 1 unspecified atom stereocenters. The summed E-state index contributed by atoms with van der Waals surface area (Å²) in [5, 5.41) is 3.31. The lowest BCUT2D eigenvalue weighted by atomic mass is 10.1. The van der Waals surface area contributed by atoms with Crippen molar-refractivity contribution in [2.24, 2.45) is 0 Å². The fourth-order valence-corrected chi connectivity index (χ4v) is 1.28. The van der Waals surface area contributed by atoms with Crippen molar-refractivity contribution in [3.63, 3.8) is 0 Å². The van der Waals surface area contributed by atoms with Crippen molar-refractivity contribution in [2.45, 2.75) is 32.4 Å². The molecule has 0 fully saturated rings. The van der Waals surface area contributed by atoms with Gasteiger partial charge in [-0.2, -0.15) is 0 Å². The van der Waals surface area contributed by atoms with Gasteiger partial charge < -0.3 is 0 Å². The SMILES string of the molecule is C#CC(CCC)NCc1cccnc1. The minimum Gasteiger partial charge on any atom is -0.300 e. The third kappa shape index (κ3) is 3.59. The maximum atomic E-state index is 5.39. The van der Waals surface area contributed by atoms with Crippen molar-refractivity contribution in [2.75, 3.05) is 0 Å². The lowest BCUT2D eigenvalue weighted by Gasteiger charge is -2.11. The summed E-state index contributed by atoms with van der Waals surface area (Å²) in [6.07, 6.45) is 11.2. The largest absolute Gasteiger partial charge is 0.300 e. The molecule has 2 heteroatoms. The summed E-state index contributed by atoms with van der Waals surface area (Å²) in [7, 11) is 0. The number of rotatable bonds is 5. The van der Waals surface area contributed by atoms with Gasteiger partial charge >= 0.3 is 0 Å². The molecule has 0 bridgehead atoms. The molecule has 0 aromatic carbocycles. The van der Waals surface area contributed by atoms with Gasteiger partial charge in [0.2, 0.25) is 0 Å². The van der Waals surface area contributed by atoms with Crippen molar-refractivity contribution in [1.82, 2.24) is 10.3 Å². The van der Waals surface area contributed by atoms with Gasteiger partial charge in [0.15, 0.2) is 0 Å². The summed E-state index contributed by atoms with van der Waals surface area (Å²) in [5.41, 5.74) is 1.17. The molecule has 0 aliphatic carbocycles. The summed E-state index contributed by atoms with van der Waals surface area (Å²) in [6.45, 7) is 2.93. The van der Waals surface area contributed by atoms with Crippen LogP contribution in [-0.2, 0) is 6.54 Å². The number of aromatic nitrogens is 1. The third-order valence-corrected chi connectivity index (χ3v) is 2.05. The first kappa shape index (κ1) is 10.7. The van der Waals surface area contributed by atoms with E-state index in [0.29, 0.717) is 0 Å². The second-order valence-electron chi connectivity index (χ2n) is 3.25. The highest BCUT2D eigenvalue weighted by molar-refractivity contribution is 5.09. The summed E-state index contributed by atoms with van der Waals surface area (Å²) in [4.78, 5) is 4.04. The summed E-state index contributed by atoms with van der Waals surface area (Å²) >= 11 is 0. The Morgan fingerprint density at radius 2 is 2.50 bits per heavy atom. The van der Waals surface area contributed by atoms with Gasteiger partial charge in [-0.1, -0.05) is 25.3 Å². The van der Waals surface area contributed by atoms with E-state index in [1.54, 1.807) is 6.20 Å². The Morgan fingerprint density at radius 3 is 3.07 bits per heavy atom. The number of nitrogens with one attached hydrogen (secondary N) is 1. The zero-order chi connectivity index (χ0) is 10.2. The highest BCUT2D eigenvalue weighted by atomic mass is 14.9. The van der Waals surface area contributed by atoms with Gasteiger partial charge in [-0.05, 0) is 18.1 Å². The molecule has 1 rings (SSSR count). The molecule has 0 aliphatic rings. The van der Waals surface area contributed by atoms with E-state index < -0.39 is 0 Å². The first-order valence-electron chi connectivity index (χ1n) is 4.95. The normalized spacial score (nSPS) is 12.0. The molecule has 1 N–H and O–H groups in total. The first-order chi connectivity index (χ1) is 6.86. The van der Waals surface area contributed by atoms with Crippen LogP contribution in [0.4, 0.5) is 0 Å². The maximum absolute atomic E-state index is 5.39. The molecule has 0 amide bonds. The molecule has 0 aliphatic heterocycles. The molecule has 74 valence electrons. The molecular weight excluding hydrogens is 172 g/mol. The van der Waals surface area contributed by atoms with Crippen molar-refractivity contribution >= 4 is 0 Å². The molecular formula is C12H16N2. The Labute approximate surface area is 85.8 Å². The van der Waals surface area contributed by atoms with Crippen LogP contribution in [0.15, 0.2) is 24.5 Å². The zero-order valence-electron chi connectivity index (χ0n) is 8.53. The van der Waals surface area contributed by atoms with Gasteiger partial charge in [-0.25, -0.2) is 0 Å². The van der Waals surface area contributed by atoms with Gasteiger partial charge in [0.1, 0.15) is 0 Å². The fourth-order valence-electron chi connectivity index (χ4n) is 1.28. The van der Waals surface area contributed by atoms with Crippen LogP contribution in [-0.4, -0.2) is 11.0 Å². The Balaban J connectivity index is 2.37. The Bertz CT molecular complexity index is 287. The smallest absolute Gasteiger partial charge is 0.0689 e. The third-order valence-electron chi connectivity index (χ3n) is 2.05. The van der Waals surface area contributed by atoms with Crippen molar-refractivity contribution in [3.8, 4) is 12.3 Å². The summed E-state index contributed by atoms with van der Waals surface area (Å²) in [5.74, 6) is 2.74. The van der Waals surface area contributed by atoms with Crippen LogP contribution in [0.5, 0.6) is 0 Å². The Hall–Kier alpha value is -1.33. The average Bonchev–Trinajstić information content (AvgIpc) is 2.25. The van der Waals surface area contributed by atoms with Gasteiger partial charge in [0, 0.05) is 18.9 Å². The Morgan fingerprint density at radius 1 is 1.64 bits per heavy atom. The van der Waals surface area contributed by atoms with E-state index in [1.807, 2.05) is 18.3 Å². The number of nitrogens with zero attached hydrogens (tertiary/aromatic N) is 1. The molecule has 1 heterocycles. The van der Waals surface area contributed by atoms with E-state index in [0.717, 1.165) is 19.4 Å². The van der Waals surface area contributed by atoms with E-state index in [2.05, 4.69) is 23.1 Å². The second-order valence-corrected chi connectivity index (χ2v) is 3.25. The second kappa shape index (κ2) is 6.17. The van der Waals surface area contributed by atoms with Crippen molar-refractivity contribution in [3.05, 3.63) is 30.1 Å². The van der Waals surface area contributed by atoms with E-state index in [9.17, 15) is 0 Å². The van der Waals surface area contributed by atoms with E-state index >= 15 is 0 Å². The minimum absolute atomic E-state index is 0.181. The molecule has 0 spiro atoms. The number of hydrogen-bond acceptors (Lipinski definition) is 2. The van der Waals surface area contributed by atoms with Gasteiger partial charge in [0.25, 0.3) is 0 Å². The highest BCUT2D eigenvalue weighted by Gasteiger charge is 2.01. The predicted octanol–water partition coefficient (Wildman–Crippen LogP) is 1.97. The Kier molecular flexibility index (Phi) is 4.74. The van der Waals surface area contributed by atoms with Gasteiger partial charge in [-0.3, -0.25) is 10.3 Å². The average molecular weight is 188 g/mol. The predicted molar refractivity (Wildman–Crippen MR) is 58.6 cm³/mol. The van der Waals surface area contributed by atoms with Crippen LogP contribution >= 0.6 is 0 Å². The van der Waals surface area contributed by atoms with Crippen LogP contribution in [0.2, 0.25) is 0 Å². The number of pyridine rings is 1. The van der Waals surface area contributed by atoms with Crippen LogP contribution < -0.4 is 5.32 Å². The van der Waals surface area contributed by atoms with Crippen LogP contribution in [0.25, 0.3) is 0 Å². The van der Waals surface area contributed by atoms with E-state index in [-0.39, 0.29) is 6.04 Å². The molecule has 0 saturated heterocycles. The molecule has 2 nitrogen and oxygen atoms in total. The fraction of sp³-hybridized carbons (Fsp3) is 0.417. The first-order valence-corrected chi connectivity index (χ1v) is 4.95. The monoisotopic (exact) mass is 188 g/mol. The van der Waals surface area contributed by atoms with Crippen LogP contribution in [0.1, 0.15) is 25.3 Å². The number of hydrogen-bond donors (Lipinski definition) is 1. The number of terminal acetylenes is 1. The van der Waals surface area contributed by atoms with E-state index in [4.69, 9.17) is 6.42 Å². The maximum Gasteiger partial charge on any atom is 0.0689 e. The summed E-state index contributed by atoms with van der Waals surface area (Å²) in [6, 6.07) is 4.15. The molecule has 0 radical (unpaired) electrons. The zero-order valence-corrected chi connectivity index (χ0v) is 8.53. The molecule has 1 aromatic rings. The lowest BCUT2D eigenvalue weighted by Crippen LogP contribution is -2.26. The van der Waals surface area contributed by atoms with Crippen molar-refractivity contribution in [1.29, 1.82) is 0 Å². The topological polar surface area (TPSA) is 24.9 Å². The molecule has 0 saturated carbocycles. The molecule has 1 aromatic heterocycles. The standard InChI is InChI=1S/C12H16N2/c1-3-6-12(4-2)14-10-11-7-5-8-13-9-11/h2,5,7-9,12,14H,3,6,10H2,1H3. The van der Waals surface area contributed by atoms with Crippen LogP contribution in [0.3, 0.4) is 0 Å². The minimum atomic E-state index is 0.181. The van der Waals surface area contributed by atoms with Gasteiger partial charge in [-0.15, -0.1) is 6.42 Å². The summed E-state index contributed by atoms with van der Waals surface area (Å²) < 4.78 is 0.